The minimum atomic E-state index is -5.16. The number of quaternary nitrogens is 1. The summed E-state index contributed by atoms with van der Waals surface area (Å²) in [5, 5.41) is 20.3. The molecule has 0 bridgehead atoms. The zero-order valence-electron chi connectivity index (χ0n) is 30.1. The number of ether oxygens (including phenoxy) is 1. The van der Waals surface area contributed by atoms with Gasteiger partial charge in [-0.05, 0) is 60.0 Å². The van der Waals surface area contributed by atoms with Crippen molar-refractivity contribution >= 4 is 39.8 Å². The first-order valence-electron chi connectivity index (χ1n) is 16.6. The first-order valence-corrected chi connectivity index (χ1v) is 19.7. The number of phosphoric acid groups is 1. The smallest absolute Gasteiger partial charge is 0.443 e. The van der Waals surface area contributed by atoms with E-state index in [1.165, 1.54) is 76.1 Å². The summed E-state index contributed by atoms with van der Waals surface area (Å²) in [6, 6.07) is 0. The summed E-state index contributed by atoms with van der Waals surface area (Å²) in [5.74, 6) is 0.102. The molecule has 0 saturated carbocycles. The van der Waals surface area contributed by atoms with Crippen LogP contribution in [0.2, 0.25) is 0 Å². The molecule has 1 saturated heterocycles. The number of fused-ring (bicyclic) bond motifs is 1. The van der Waals surface area contributed by atoms with Gasteiger partial charge in [-0.1, -0.05) is 41.5 Å². The third-order valence-corrected chi connectivity index (χ3v) is 10.1. The van der Waals surface area contributed by atoms with Gasteiger partial charge in [0, 0.05) is 0 Å². The number of nitrogens with zero attached hydrogens (tertiary/aromatic N) is 6. The molecule has 7 N–H and O–H groups in total. The summed E-state index contributed by atoms with van der Waals surface area (Å²) in [4.78, 5) is 35.5. The predicted octanol–water partition coefficient (Wildman–Crippen LogP) is 1.06. The van der Waals surface area contributed by atoms with Crippen LogP contribution in [0.15, 0.2) is 12.7 Å². The van der Waals surface area contributed by atoms with E-state index in [2.05, 4.69) is 95.9 Å². The molecule has 3 radical (unpaired) electrons. The normalized spacial score (nSPS) is 20.5. The van der Waals surface area contributed by atoms with E-state index in [4.69, 9.17) is 27.8 Å². The summed E-state index contributed by atoms with van der Waals surface area (Å²) in [6.07, 6.45) is -2.94. The van der Waals surface area contributed by atoms with Crippen LogP contribution in [-0.4, -0.2) is 141 Å². The van der Waals surface area contributed by atoms with Crippen LogP contribution in [0.1, 0.15) is 68.5 Å². The van der Waals surface area contributed by atoms with Gasteiger partial charge >= 0.3 is 7.82 Å². The van der Waals surface area contributed by atoms with Crippen LogP contribution in [-0.2, 0) is 22.7 Å². The van der Waals surface area contributed by atoms with Crippen LogP contribution >= 0.6 is 15.3 Å². The van der Waals surface area contributed by atoms with Crippen molar-refractivity contribution in [3.05, 3.63) is 12.7 Å². The molecule has 17 nitrogen and oxygen atoms in total. The Balaban J connectivity index is 0.000000855. The number of hydrogen-bond donors (Lipinski definition) is 6. The third kappa shape index (κ3) is 16.5. The van der Waals surface area contributed by atoms with E-state index in [9.17, 15) is 19.3 Å². The van der Waals surface area contributed by atoms with E-state index < -0.39 is 46.4 Å². The van der Waals surface area contributed by atoms with E-state index in [0.717, 1.165) is 0 Å². The minimum absolute atomic E-state index is 0.102. The fraction of sp³-hybridized carbons (Fsp3) is 0.821. The Labute approximate surface area is 287 Å². The predicted molar refractivity (Wildman–Crippen MR) is 188 cm³/mol. The van der Waals surface area contributed by atoms with Crippen LogP contribution in [0.25, 0.3) is 11.2 Å². The maximum atomic E-state index is 11.7. The molecule has 3 rings (SSSR count). The number of aromatic nitrogens is 4. The number of nitrogens with two attached hydrogens (primary N) is 1. The number of aliphatic hydroxyl groups is 2. The second-order valence-electron chi connectivity index (χ2n) is 10.6. The molecule has 0 spiro atoms. The quantitative estimate of drug-likeness (QED) is 0.112. The largest absolute Gasteiger partial charge is 0.474 e. The molecule has 0 aliphatic carbocycles. The van der Waals surface area contributed by atoms with Crippen molar-refractivity contribution < 1.29 is 47.6 Å². The molecular weight excluding hydrogens is 665 g/mol. The number of hydrogen-bond acceptors (Lipinski definition) is 13. The Morgan fingerprint density at radius 3 is 1.73 bits per heavy atom. The highest BCUT2D eigenvalue weighted by atomic mass is 31.3. The molecule has 48 heavy (non-hydrogen) atoms. The van der Waals surface area contributed by atoms with Gasteiger partial charge in [0.2, 0.25) is 0 Å². The molecule has 2 aromatic rings. The molecule has 0 aromatic carbocycles. The van der Waals surface area contributed by atoms with Crippen LogP contribution in [0.5, 0.6) is 0 Å². The van der Waals surface area contributed by atoms with Gasteiger partial charge in [0.25, 0.3) is 0 Å². The van der Waals surface area contributed by atoms with Gasteiger partial charge < -0.3 is 61.8 Å². The highest BCUT2D eigenvalue weighted by Gasteiger charge is 2.44. The summed E-state index contributed by atoms with van der Waals surface area (Å²) < 4.78 is 37.7. The first-order chi connectivity index (χ1) is 22.5. The number of anilines is 1. The molecule has 0 unspecified atom stereocenters. The lowest BCUT2D eigenvalue weighted by Crippen LogP contribution is -3.11. The highest BCUT2D eigenvalue weighted by molar-refractivity contribution is 7.83. The Morgan fingerprint density at radius 1 is 0.875 bits per heavy atom. The SMILES string of the molecule is CCN(CC)CC.CCN(CC)CC.CC[NH+](CC)CC.[B-][P@](=O)(OC[C@H]1O[C@@H](n2cnc3c(N)ncnc32)[C@H](O)[C@@H]1O)OP(=O)(O)O. The van der Waals surface area contributed by atoms with Crippen molar-refractivity contribution in [3.63, 3.8) is 0 Å². The van der Waals surface area contributed by atoms with Gasteiger partial charge in [-0.3, -0.25) is 4.57 Å². The van der Waals surface area contributed by atoms with E-state index in [-0.39, 0.29) is 17.0 Å². The number of aliphatic hydroxyl groups excluding tert-OH is 2. The summed E-state index contributed by atoms with van der Waals surface area (Å²) in [5.41, 5.74) is 6.17. The fourth-order valence-electron chi connectivity index (χ4n) is 4.59. The second kappa shape index (κ2) is 23.8. The Kier molecular flexibility index (Phi) is 23.0. The average Bonchev–Trinajstić information content (AvgIpc) is 3.59. The maximum absolute atomic E-state index is 11.7. The molecule has 2 aromatic heterocycles. The van der Waals surface area contributed by atoms with Gasteiger partial charge in [-0.2, -0.15) is 0 Å². The zero-order valence-corrected chi connectivity index (χ0v) is 31.9. The summed E-state index contributed by atoms with van der Waals surface area (Å²) in [6.45, 7) is 30.0. The minimum Gasteiger partial charge on any atom is -0.443 e. The van der Waals surface area contributed by atoms with E-state index in [1.54, 1.807) is 4.90 Å². The zero-order chi connectivity index (χ0) is 37.1. The lowest BCUT2D eigenvalue weighted by atomic mass is 10.1. The Bertz CT molecular complexity index is 1190. The summed E-state index contributed by atoms with van der Waals surface area (Å²) in [7, 11) is -4.74. The monoisotopic (exact) mass is 725 g/mol. The number of nitrogen functional groups attached to an aromatic ring is 1. The van der Waals surface area contributed by atoms with Crippen LogP contribution in [0.4, 0.5) is 5.82 Å². The molecule has 1 aliphatic heterocycles. The second-order valence-corrected chi connectivity index (χ2v) is 13.6. The lowest BCUT2D eigenvalue weighted by Gasteiger charge is -2.28. The molecule has 279 valence electrons. The van der Waals surface area contributed by atoms with Crippen molar-refractivity contribution in [1.82, 2.24) is 29.3 Å². The highest BCUT2D eigenvalue weighted by Crippen LogP contribution is 2.57. The van der Waals surface area contributed by atoms with E-state index in [1.807, 2.05) is 0 Å². The van der Waals surface area contributed by atoms with Crippen molar-refractivity contribution in [2.45, 2.75) is 86.9 Å². The van der Waals surface area contributed by atoms with Crippen molar-refractivity contribution in [3.8, 4) is 0 Å². The van der Waals surface area contributed by atoms with Gasteiger partial charge in [0.1, 0.15) is 30.2 Å². The number of rotatable bonds is 15. The average molecular weight is 726 g/mol. The summed E-state index contributed by atoms with van der Waals surface area (Å²) >= 11 is 0. The Morgan fingerprint density at radius 2 is 1.35 bits per heavy atom. The van der Waals surface area contributed by atoms with Crippen molar-refractivity contribution in [2.75, 3.05) is 71.2 Å². The molecule has 20 heteroatoms. The number of imidazole rings is 1. The molecule has 5 atom stereocenters. The first kappa shape index (κ1) is 46.5. The van der Waals surface area contributed by atoms with E-state index in [0.29, 0.717) is 0 Å². The lowest BCUT2D eigenvalue weighted by molar-refractivity contribution is -0.894. The third-order valence-electron chi connectivity index (χ3n) is 7.82. The standard InChI is InChI=1S/C10H14BN5O9P2.3C6H15N/c11-26(19,25-27(20,21)22)23-1-4-6(17)7(18)10(24-4)16-3-15-5-8(12)13-2-14-9(5)16;3*1-4-7(5-2)6-3/h2-4,6-7,10,17-18H,1H2,(H2,12,13,14)(H2,20,21,22);3*4-6H2,1-3H3/q-1;;;/p+1/t4-,6-,7-,10-,26+;;;/m1.../s1. The van der Waals surface area contributed by atoms with Crippen molar-refractivity contribution in [1.29, 1.82) is 0 Å². The van der Waals surface area contributed by atoms with Gasteiger partial charge in [-0.25, -0.2) is 23.8 Å². The molecule has 0 amide bonds. The van der Waals surface area contributed by atoms with Crippen LogP contribution < -0.4 is 10.6 Å². The van der Waals surface area contributed by atoms with Gasteiger partial charge in [0.15, 0.2) is 17.7 Å². The van der Waals surface area contributed by atoms with Gasteiger partial charge in [-0.15, -0.1) is 0 Å². The topological polar surface area (TPSA) is 223 Å². The van der Waals surface area contributed by atoms with Crippen LogP contribution in [0, 0.1) is 0 Å². The van der Waals surface area contributed by atoms with E-state index >= 15 is 0 Å². The molecule has 3 heterocycles. The van der Waals surface area contributed by atoms with Gasteiger partial charge in [0.05, 0.1) is 40.0 Å². The van der Waals surface area contributed by atoms with Crippen molar-refractivity contribution in [2.24, 2.45) is 0 Å². The van der Waals surface area contributed by atoms with Crippen LogP contribution in [0.3, 0.4) is 0 Å². The fourth-order valence-corrected chi connectivity index (χ4v) is 6.32. The maximum Gasteiger partial charge on any atom is 0.474 e. The Hall–Kier alpha value is -1.53. The number of nitrogens with one attached hydrogen (secondary N) is 1. The molecule has 1 fully saturated rings. The molecule has 1 aliphatic rings. The molecular formula is C28H60BN8O9P2.